The molecule has 0 bridgehead atoms. The van der Waals surface area contributed by atoms with Gasteiger partial charge in [0.25, 0.3) is 0 Å². The molecular weight excluding hydrogens is 240 g/mol. The van der Waals surface area contributed by atoms with Crippen molar-refractivity contribution in [3.05, 3.63) is 42.1 Å². The summed E-state index contributed by atoms with van der Waals surface area (Å²) in [6.45, 7) is 2.23. The summed E-state index contributed by atoms with van der Waals surface area (Å²) in [4.78, 5) is 4.39. The minimum Gasteiger partial charge on any atom is -0.327 e. The zero-order valence-electron chi connectivity index (χ0n) is 11.0. The van der Waals surface area contributed by atoms with E-state index in [1.54, 1.807) is 0 Å². The topological polar surface area (TPSA) is 38.9 Å². The molecule has 3 heteroatoms. The van der Waals surface area contributed by atoms with Gasteiger partial charge in [0.1, 0.15) is 0 Å². The van der Waals surface area contributed by atoms with Gasteiger partial charge in [0, 0.05) is 17.6 Å². The summed E-state index contributed by atoms with van der Waals surface area (Å²) in [6.07, 6.45) is 4.93. The number of nitrogens with zero attached hydrogens (tertiary/aromatic N) is 1. The molecule has 96 valence electrons. The van der Waals surface area contributed by atoms with Crippen molar-refractivity contribution < 1.29 is 0 Å². The number of aromatic nitrogens is 1. The van der Waals surface area contributed by atoms with E-state index in [0.717, 1.165) is 17.7 Å². The second-order valence-electron chi connectivity index (χ2n) is 4.79. The van der Waals surface area contributed by atoms with Crippen molar-refractivity contribution >= 4 is 22.7 Å². The molecule has 0 aliphatic rings. The van der Waals surface area contributed by atoms with E-state index in [1.807, 2.05) is 24.0 Å². The first kappa shape index (κ1) is 13.4. The van der Waals surface area contributed by atoms with Crippen molar-refractivity contribution in [1.29, 1.82) is 0 Å². The number of fused-ring (bicyclic) bond motifs is 1. The van der Waals surface area contributed by atoms with Crippen LogP contribution in [0, 0.1) is 5.92 Å². The van der Waals surface area contributed by atoms with Crippen LogP contribution in [0.2, 0.25) is 0 Å². The third-order valence-corrected chi connectivity index (χ3v) is 4.21. The Morgan fingerprint density at radius 3 is 2.83 bits per heavy atom. The molecule has 2 N–H and O–H groups in total. The molecule has 0 radical (unpaired) electrons. The zero-order valence-corrected chi connectivity index (χ0v) is 11.8. The zero-order chi connectivity index (χ0) is 13.0. The van der Waals surface area contributed by atoms with E-state index in [4.69, 9.17) is 5.73 Å². The van der Waals surface area contributed by atoms with Crippen LogP contribution in [0.15, 0.2) is 36.5 Å². The lowest BCUT2D eigenvalue weighted by Gasteiger charge is -2.19. The maximum absolute atomic E-state index is 6.29. The number of pyridine rings is 1. The highest BCUT2D eigenvalue weighted by Gasteiger charge is 2.14. The number of benzene rings is 1. The molecule has 2 rings (SSSR count). The molecule has 0 fully saturated rings. The summed E-state index contributed by atoms with van der Waals surface area (Å²) >= 11 is 1.86. The number of rotatable bonds is 5. The molecule has 1 aromatic heterocycles. The third kappa shape index (κ3) is 3.03. The predicted octanol–water partition coefficient (Wildman–Crippen LogP) is 3.10. The fourth-order valence-electron chi connectivity index (χ4n) is 2.17. The molecule has 2 unspecified atom stereocenters. The number of hydrogen-bond acceptors (Lipinski definition) is 3. The maximum Gasteiger partial charge on any atom is 0.0704 e. The summed E-state index contributed by atoms with van der Waals surface area (Å²) in [7, 11) is 0. The van der Waals surface area contributed by atoms with Gasteiger partial charge in [0.05, 0.1) is 5.52 Å². The number of para-hydroxylation sites is 1. The van der Waals surface area contributed by atoms with Gasteiger partial charge >= 0.3 is 0 Å². The number of hydrogen-bond donors (Lipinski definition) is 1. The second kappa shape index (κ2) is 6.21. The fourth-order valence-corrected chi connectivity index (χ4v) is 2.95. The lowest BCUT2D eigenvalue weighted by molar-refractivity contribution is 0.499. The molecule has 18 heavy (non-hydrogen) atoms. The molecular formula is C15H20N2S. The van der Waals surface area contributed by atoms with Gasteiger partial charge in [-0.3, -0.25) is 4.98 Å². The fraction of sp³-hybridized carbons (Fsp3) is 0.400. The molecule has 0 aliphatic heterocycles. The Morgan fingerprint density at radius 2 is 2.06 bits per heavy atom. The van der Waals surface area contributed by atoms with Crippen LogP contribution in [-0.4, -0.2) is 23.0 Å². The SMILES string of the molecule is CSCC(C)C(N)Cc1ccnc2ccccc12. The van der Waals surface area contributed by atoms with Crippen LogP contribution < -0.4 is 5.73 Å². The van der Waals surface area contributed by atoms with Gasteiger partial charge in [-0.2, -0.15) is 11.8 Å². The van der Waals surface area contributed by atoms with Gasteiger partial charge in [-0.05, 0) is 42.0 Å². The molecule has 1 aromatic carbocycles. The lowest BCUT2D eigenvalue weighted by Crippen LogP contribution is -2.32. The van der Waals surface area contributed by atoms with Crippen LogP contribution >= 0.6 is 11.8 Å². The van der Waals surface area contributed by atoms with Crippen molar-refractivity contribution in [3.8, 4) is 0 Å². The molecule has 2 aromatic rings. The average molecular weight is 260 g/mol. The van der Waals surface area contributed by atoms with E-state index in [-0.39, 0.29) is 6.04 Å². The molecule has 0 aliphatic carbocycles. The van der Waals surface area contributed by atoms with Gasteiger partial charge in [-0.15, -0.1) is 0 Å². The molecule has 2 nitrogen and oxygen atoms in total. The molecule has 2 atom stereocenters. The largest absolute Gasteiger partial charge is 0.327 e. The molecule has 0 saturated heterocycles. The minimum atomic E-state index is 0.211. The van der Waals surface area contributed by atoms with Crippen LogP contribution in [-0.2, 0) is 6.42 Å². The van der Waals surface area contributed by atoms with Gasteiger partial charge < -0.3 is 5.73 Å². The normalized spacial score (nSPS) is 14.6. The summed E-state index contributed by atoms with van der Waals surface area (Å²) in [5.74, 6) is 1.65. The van der Waals surface area contributed by atoms with Gasteiger partial charge in [0.2, 0.25) is 0 Å². The van der Waals surface area contributed by atoms with E-state index in [1.165, 1.54) is 10.9 Å². The number of nitrogens with two attached hydrogens (primary N) is 1. The highest BCUT2D eigenvalue weighted by atomic mass is 32.2. The Balaban J connectivity index is 2.21. The summed E-state index contributed by atoms with van der Waals surface area (Å²) in [6, 6.07) is 10.6. The van der Waals surface area contributed by atoms with Gasteiger partial charge in [-0.1, -0.05) is 25.1 Å². The first-order valence-electron chi connectivity index (χ1n) is 6.29. The quantitative estimate of drug-likeness (QED) is 0.898. The van der Waals surface area contributed by atoms with Crippen molar-refractivity contribution in [3.63, 3.8) is 0 Å². The first-order chi connectivity index (χ1) is 8.72. The smallest absolute Gasteiger partial charge is 0.0704 e. The van der Waals surface area contributed by atoms with Gasteiger partial charge in [-0.25, -0.2) is 0 Å². The van der Waals surface area contributed by atoms with Crippen LogP contribution in [0.5, 0.6) is 0 Å². The van der Waals surface area contributed by atoms with Crippen LogP contribution in [0.25, 0.3) is 10.9 Å². The average Bonchev–Trinajstić information content (AvgIpc) is 2.39. The van der Waals surface area contributed by atoms with Gasteiger partial charge in [0.15, 0.2) is 0 Å². The number of thioether (sulfide) groups is 1. The van der Waals surface area contributed by atoms with E-state index in [0.29, 0.717) is 5.92 Å². The van der Waals surface area contributed by atoms with E-state index in [2.05, 4.69) is 42.4 Å². The summed E-state index contributed by atoms with van der Waals surface area (Å²) in [5.41, 5.74) is 8.65. The third-order valence-electron chi connectivity index (χ3n) is 3.36. The highest BCUT2D eigenvalue weighted by molar-refractivity contribution is 7.98. The Hall–Kier alpha value is -1.06. The summed E-state index contributed by atoms with van der Waals surface area (Å²) < 4.78 is 0. The molecule has 0 spiro atoms. The van der Waals surface area contributed by atoms with E-state index in [9.17, 15) is 0 Å². The van der Waals surface area contributed by atoms with E-state index < -0.39 is 0 Å². The Kier molecular flexibility index (Phi) is 4.61. The van der Waals surface area contributed by atoms with Crippen LogP contribution in [0.4, 0.5) is 0 Å². The Morgan fingerprint density at radius 1 is 1.28 bits per heavy atom. The Bertz CT molecular complexity index is 507. The lowest BCUT2D eigenvalue weighted by atomic mass is 9.95. The van der Waals surface area contributed by atoms with Crippen LogP contribution in [0.3, 0.4) is 0 Å². The summed E-state index contributed by atoms with van der Waals surface area (Å²) in [5, 5.41) is 1.23. The second-order valence-corrected chi connectivity index (χ2v) is 5.70. The van der Waals surface area contributed by atoms with Crippen molar-refractivity contribution in [1.82, 2.24) is 4.98 Å². The maximum atomic E-state index is 6.29. The van der Waals surface area contributed by atoms with Crippen molar-refractivity contribution in [2.24, 2.45) is 11.7 Å². The Labute approximate surface area is 113 Å². The molecule has 1 heterocycles. The predicted molar refractivity (Wildman–Crippen MR) is 81.0 cm³/mol. The standard InChI is InChI=1S/C15H20N2S/c1-11(10-18-2)14(16)9-12-7-8-17-15-6-4-3-5-13(12)15/h3-8,11,14H,9-10,16H2,1-2H3. The van der Waals surface area contributed by atoms with Crippen LogP contribution in [0.1, 0.15) is 12.5 Å². The van der Waals surface area contributed by atoms with Crippen molar-refractivity contribution in [2.75, 3.05) is 12.0 Å². The van der Waals surface area contributed by atoms with Crippen molar-refractivity contribution in [2.45, 2.75) is 19.4 Å². The van der Waals surface area contributed by atoms with E-state index >= 15 is 0 Å². The monoisotopic (exact) mass is 260 g/mol. The first-order valence-corrected chi connectivity index (χ1v) is 7.69. The highest BCUT2D eigenvalue weighted by Crippen LogP contribution is 2.19. The minimum absolute atomic E-state index is 0.211. The molecule has 0 amide bonds. The molecule has 0 saturated carbocycles.